The Morgan fingerprint density at radius 1 is 1.08 bits per heavy atom. The van der Waals surface area contributed by atoms with E-state index in [2.05, 4.69) is 21.6 Å². The summed E-state index contributed by atoms with van der Waals surface area (Å²) in [4.78, 5) is 2.27. The second-order valence-electron chi connectivity index (χ2n) is 6.72. The van der Waals surface area contributed by atoms with Gasteiger partial charge in [-0.25, -0.2) is 9.48 Å². The Bertz CT molecular complexity index is 776. The molecule has 0 amide bonds. The van der Waals surface area contributed by atoms with Crippen molar-refractivity contribution in [2.24, 2.45) is 0 Å². The van der Waals surface area contributed by atoms with E-state index in [1.54, 1.807) is 0 Å². The Kier molecular flexibility index (Phi) is 5.68. The molecule has 1 N–H and O–H groups in total. The van der Waals surface area contributed by atoms with Crippen LogP contribution in [0.2, 0.25) is 0 Å². The first-order valence-corrected chi connectivity index (χ1v) is 9.14. The van der Waals surface area contributed by atoms with Crippen LogP contribution in [-0.4, -0.2) is 35.2 Å². The lowest BCUT2D eigenvalue weighted by Gasteiger charge is -2.24. The summed E-state index contributed by atoms with van der Waals surface area (Å²) in [5.74, 6) is 2.11. The Hall–Kier alpha value is -1.85. The summed E-state index contributed by atoms with van der Waals surface area (Å²) in [5, 5.41) is 11.6. The number of β-amino-alcohol motifs (C(OH)–C–C–N with tert-alkyl or cyclic N) is 1. The summed E-state index contributed by atoms with van der Waals surface area (Å²) in [5.41, 5.74) is 1.11. The third kappa shape index (κ3) is 3.26. The van der Waals surface area contributed by atoms with Gasteiger partial charge in [-0.2, -0.15) is 0 Å². The molecule has 138 valence electrons. The molecule has 0 saturated heterocycles. The lowest BCUT2D eigenvalue weighted by atomic mass is 10.0. The van der Waals surface area contributed by atoms with Crippen molar-refractivity contribution in [1.82, 2.24) is 0 Å². The van der Waals surface area contributed by atoms with E-state index >= 15 is 0 Å². The highest BCUT2D eigenvalue weighted by molar-refractivity contribution is 5.96. The second kappa shape index (κ2) is 7.80. The SMILES string of the molecule is CCOc1ccc(N2CC(O)(c3ccccc3)[N+]3=C2CCCC3)cc1.[Br-]. The van der Waals surface area contributed by atoms with Crippen LogP contribution in [-0.2, 0) is 5.72 Å². The number of anilines is 1. The van der Waals surface area contributed by atoms with Gasteiger partial charge in [0.15, 0.2) is 6.54 Å². The van der Waals surface area contributed by atoms with E-state index in [1.807, 2.05) is 49.4 Å². The highest BCUT2D eigenvalue weighted by atomic mass is 79.9. The van der Waals surface area contributed by atoms with Crippen LogP contribution in [0.4, 0.5) is 5.69 Å². The number of aliphatic hydroxyl groups is 1. The van der Waals surface area contributed by atoms with Gasteiger partial charge >= 0.3 is 0 Å². The molecule has 0 aliphatic carbocycles. The second-order valence-corrected chi connectivity index (χ2v) is 6.72. The fraction of sp³-hybridized carbons (Fsp3) is 0.381. The van der Waals surface area contributed by atoms with Crippen molar-refractivity contribution >= 4 is 11.5 Å². The average Bonchev–Trinajstić information content (AvgIpc) is 2.98. The van der Waals surface area contributed by atoms with Gasteiger partial charge in [-0.15, -0.1) is 0 Å². The summed E-state index contributed by atoms with van der Waals surface area (Å²) < 4.78 is 7.75. The van der Waals surface area contributed by atoms with Gasteiger partial charge in [-0.3, -0.25) is 0 Å². The molecule has 0 fully saturated rings. The Labute approximate surface area is 165 Å². The van der Waals surface area contributed by atoms with E-state index in [4.69, 9.17) is 4.74 Å². The fourth-order valence-electron chi connectivity index (χ4n) is 3.97. The Balaban J connectivity index is 0.00000196. The van der Waals surface area contributed by atoms with Crippen molar-refractivity contribution in [2.75, 3.05) is 24.6 Å². The first kappa shape index (κ1) is 18.9. The van der Waals surface area contributed by atoms with Crippen LogP contribution in [0.25, 0.3) is 0 Å². The molecule has 1 atom stereocenters. The molecule has 0 bridgehead atoms. The first-order chi connectivity index (χ1) is 12.2. The number of ether oxygens (including phenoxy) is 1. The van der Waals surface area contributed by atoms with Crippen molar-refractivity contribution in [3.05, 3.63) is 60.2 Å². The molecule has 2 aliphatic heterocycles. The van der Waals surface area contributed by atoms with E-state index in [1.165, 1.54) is 12.3 Å². The molecule has 5 heteroatoms. The summed E-state index contributed by atoms with van der Waals surface area (Å²) in [6.07, 6.45) is 3.29. The number of nitrogens with zero attached hydrogens (tertiary/aromatic N) is 2. The van der Waals surface area contributed by atoms with Gasteiger partial charge in [0.25, 0.3) is 11.6 Å². The molecule has 0 radical (unpaired) electrons. The minimum atomic E-state index is -0.963. The van der Waals surface area contributed by atoms with Crippen LogP contribution in [0.5, 0.6) is 5.75 Å². The Morgan fingerprint density at radius 3 is 2.50 bits per heavy atom. The fourth-order valence-corrected chi connectivity index (χ4v) is 3.97. The molecule has 1 unspecified atom stereocenters. The predicted molar refractivity (Wildman–Crippen MR) is 99.3 cm³/mol. The maximum atomic E-state index is 11.6. The number of rotatable bonds is 4. The largest absolute Gasteiger partial charge is 1.00 e. The van der Waals surface area contributed by atoms with Crippen molar-refractivity contribution in [3.8, 4) is 5.75 Å². The highest BCUT2D eigenvalue weighted by Crippen LogP contribution is 2.36. The number of amidine groups is 1. The zero-order valence-corrected chi connectivity index (χ0v) is 16.7. The maximum Gasteiger partial charge on any atom is 0.271 e. The zero-order valence-electron chi connectivity index (χ0n) is 15.1. The van der Waals surface area contributed by atoms with Crippen LogP contribution in [0, 0.1) is 0 Å². The molecule has 26 heavy (non-hydrogen) atoms. The zero-order chi connectivity index (χ0) is 17.3. The van der Waals surface area contributed by atoms with E-state index in [9.17, 15) is 5.11 Å². The van der Waals surface area contributed by atoms with E-state index in [0.717, 1.165) is 36.4 Å². The first-order valence-electron chi connectivity index (χ1n) is 9.14. The lowest BCUT2D eigenvalue weighted by molar-refractivity contribution is -0.661. The average molecular weight is 417 g/mol. The molecule has 2 aromatic rings. The molecular formula is C21H25BrN2O2. The quantitative estimate of drug-likeness (QED) is 0.730. The molecule has 0 spiro atoms. The normalized spacial score (nSPS) is 22.0. The van der Waals surface area contributed by atoms with Gasteiger partial charge in [-0.05, 0) is 44.0 Å². The van der Waals surface area contributed by atoms with Crippen LogP contribution in [0.1, 0.15) is 31.7 Å². The van der Waals surface area contributed by atoms with Crippen LogP contribution in [0.15, 0.2) is 54.6 Å². The highest BCUT2D eigenvalue weighted by Gasteiger charge is 2.52. The predicted octanol–water partition coefficient (Wildman–Crippen LogP) is 0.349. The number of hydrogen-bond acceptors (Lipinski definition) is 3. The third-order valence-electron chi connectivity index (χ3n) is 5.18. The summed E-state index contributed by atoms with van der Waals surface area (Å²) >= 11 is 0. The number of benzene rings is 2. The van der Waals surface area contributed by atoms with Crippen molar-refractivity contribution < 1.29 is 31.4 Å². The van der Waals surface area contributed by atoms with Gasteiger partial charge in [0.1, 0.15) is 11.4 Å². The molecule has 4 nitrogen and oxygen atoms in total. The molecule has 0 aromatic heterocycles. The smallest absolute Gasteiger partial charge is 0.271 e. The molecular weight excluding hydrogens is 392 g/mol. The number of halogens is 1. The van der Waals surface area contributed by atoms with Gasteiger partial charge in [0, 0.05) is 12.0 Å². The molecule has 2 aromatic carbocycles. The topological polar surface area (TPSA) is 35.7 Å². The number of hydrogen-bond donors (Lipinski definition) is 1. The summed E-state index contributed by atoms with van der Waals surface area (Å²) in [7, 11) is 0. The van der Waals surface area contributed by atoms with Gasteiger partial charge < -0.3 is 26.8 Å². The van der Waals surface area contributed by atoms with Gasteiger partial charge in [0.05, 0.1) is 13.2 Å². The monoisotopic (exact) mass is 416 g/mol. The van der Waals surface area contributed by atoms with Crippen LogP contribution < -0.4 is 26.6 Å². The van der Waals surface area contributed by atoms with E-state index in [-0.39, 0.29) is 17.0 Å². The van der Waals surface area contributed by atoms with Crippen molar-refractivity contribution in [3.63, 3.8) is 0 Å². The van der Waals surface area contributed by atoms with Crippen LogP contribution in [0.3, 0.4) is 0 Å². The minimum absolute atomic E-state index is 0. The van der Waals surface area contributed by atoms with Gasteiger partial charge in [0.2, 0.25) is 0 Å². The Morgan fingerprint density at radius 2 is 1.81 bits per heavy atom. The molecule has 0 saturated carbocycles. The molecule has 2 heterocycles. The molecule has 4 rings (SSSR count). The maximum absolute atomic E-state index is 11.6. The third-order valence-corrected chi connectivity index (χ3v) is 5.18. The van der Waals surface area contributed by atoms with Crippen molar-refractivity contribution in [1.29, 1.82) is 0 Å². The standard InChI is InChI=1S/C21H25N2O2.BrH/c1-2-25-19-13-11-18(12-14-19)22-16-21(24,17-8-4-3-5-9-17)23-15-7-6-10-20(22)23;/h3-5,8-9,11-14,24H,2,6-7,10,15-16H2,1H3;1H/q+1;/p-1. The lowest BCUT2D eigenvalue weighted by Crippen LogP contribution is -3.00. The van der Waals surface area contributed by atoms with E-state index in [0.29, 0.717) is 13.2 Å². The van der Waals surface area contributed by atoms with Crippen LogP contribution >= 0.6 is 0 Å². The molecule has 2 aliphatic rings. The summed E-state index contributed by atoms with van der Waals surface area (Å²) in [6.45, 7) is 4.11. The summed E-state index contributed by atoms with van der Waals surface area (Å²) in [6, 6.07) is 18.2. The van der Waals surface area contributed by atoms with Gasteiger partial charge in [-0.1, -0.05) is 30.3 Å². The minimum Gasteiger partial charge on any atom is -1.00 e. The van der Waals surface area contributed by atoms with E-state index < -0.39 is 5.72 Å². The van der Waals surface area contributed by atoms with Crippen molar-refractivity contribution in [2.45, 2.75) is 31.9 Å².